The van der Waals surface area contributed by atoms with Gasteiger partial charge in [-0.1, -0.05) is 24.3 Å². The molecule has 1 fully saturated rings. The smallest absolute Gasteiger partial charge is 0.301 e. The van der Waals surface area contributed by atoms with Crippen LogP contribution in [0.1, 0.15) is 72.2 Å². The van der Waals surface area contributed by atoms with E-state index in [0.29, 0.717) is 52.8 Å². The first-order valence-electron chi connectivity index (χ1n) is 13.6. The van der Waals surface area contributed by atoms with Crippen LogP contribution >= 0.6 is 11.3 Å². The molecule has 1 saturated heterocycles. The van der Waals surface area contributed by atoms with Crippen molar-refractivity contribution in [1.29, 1.82) is 0 Å². The third-order valence-electron chi connectivity index (χ3n) is 6.97. The molecular weight excluding hydrogens is 544 g/mol. The van der Waals surface area contributed by atoms with E-state index >= 15 is 0 Å². The van der Waals surface area contributed by atoms with Gasteiger partial charge >= 0.3 is 5.91 Å². The number of carbonyl (C=O) groups excluding carboxylic acids is 3. The summed E-state index contributed by atoms with van der Waals surface area (Å²) in [5.41, 5.74) is 2.21. The minimum absolute atomic E-state index is 0.00187. The third kappa shape index (κ3) is 5.19. The Morgan fingerprint density at radius 3 is 2.61 bits per heavy atom. The van der Waals surface area contributed by atoms with Crippen LogP contribution in [0, 0.1) is 6.92 Å². The number of anilines is 1. The van der Waals surface area contributed by atoms with Gasteiger partial charge in [0.25, 0.3) is 5.78 Å². The van der Waals surface area contributed by atoms with Crippen LogP contribution in [0.25, 0.3) is 5.76 Å². The van der Waals surface area contributed by atoms with Crippen molar-refractivity contribution in [2.75, 3.05) is 18.1 Å². The number of ketones is 2. The van der Waals surface area contributed by atoms with Crippen molar-refractivity contribution in [3.63, 3.8) is 0 Å². The van der Waals surface area contributed by atoms with E-state index in [1.54, 1.807) is 43.3 Å². The summed E-state index contributed by atoms with van der Waals surface area (Å²) in [5.74, 6) is -0.474. The first-order valence-corrected chi connectivity index (χ1v) is 14.4. The molecule has 1 amide bonds. The summed E-state index contributed by atoms with van der Waals surface area (Å²) in [6, 6.07) is 9.39. The monoisotopic (exact) mass is 576 g/mol. The van der Waals surface area contributed by atoms with Gasteiger partial charge in [0.15, 0.2) is 22.4 Å². The van der Waals surface area contributed by atoms with Crippen LogP contribution < -0.4 is 19.1 Å². The lowest BCUT2D eigenvalue weighted by Gasteiger charge is -2.24. The zero-order chi connectivity index (χ0) is 29.4. The Bertz CT molecular complexity index is 1570. The predicted octanol–water partition coefficient (Wildman–Crippen LogP) is 5.79. The number of fused-ring (bicyclic) bond motifs is 1. The number of aliphatic hydroxyl groups is 1. The zero-order valence-electron chi connectivity index (χ0n) is 23.6. The molecule has 0 spiro atoms. The number of aromatic nitrogens is 1. The van der Waals surface area contributed by atoms with Crippen LogP contribution in [-0.4, -0.2) is 46.9 Å². The van der Waals surface area contributed by atoms with Crippen LogP contribution in [0.2, 0.25) is 0 Å². The van der Waals surface area contributed by atoms with Crippen molar-refractivity contribution >= 4 is 39.7 Å². The summed E-state index contributed by atoms with van der Waals surface area (Å²) >= 11 is 1.04. The maximum Gasteiger partial charge on any atom is 0.301 e. The number of hydrogen-bond donors (Lipinski definition) is 1. The molecule has 3 heterocycles. The molecule has 2 aliphatic heterocycles. The van der Waals surface area contributed by atoms with Crippen LogP contribution in [-0.2, 0) is 16.0 Å². The van der Waals surface area contributed by atoms with Crippen molar-refractivity contribution in [3.05, 3.63) is 69.2 Å². The van der Waals surface area contributed by atoms with Gasteiger partial charge in [-0.25, -0.2) is 4.98 Å². The Morgan fingerprint density at radius 1 is 1.15 bits per heavy atom. The van der Waals surface area contributed by atoms with Gasteiger partial charge in [0.2, 0.25) is 0 Å². The van der Waals surface area contributed by atoms with Crippen molar-refractivity contribution in [3.8, 4) is 17.2 Å². The van der Waals surface area contributed by atoms with E-state index < -0.39 is 17.7 Å². The number of benzene rings is 2. The lowest BCUT2D eigenvalue weighted by atomic mass is 9.94. The number of aryl methyl sites for hydroxylation is 1. The predicted molar refractivity (Wildman–Crippen MR) is 155 cm³/mol. The van der Waals surface area contributed by atoms with Crippen molar-refractivity contribution in [2.24, 2.45) is 0 Å². The molecule has 0 saturated carbocycles. The summed E-state index contributed by atoms with van der Waals surface area (Å²) in [5, 5.41) is 11.8. The van der Waals surface area contributed by atoms with Crippen molar-refractivity contribution in [1.82, 2.24) is 4.98 Å². The molecule has 0 aliphatic carbocycles. The highest BCUT2D eigenvalue weighted by atomic mass is 32.1. The summed E-state index contributed by atoms with van der Waals surface area (Å²) in [4.78, 5) is 45.6. The van der Waals surface area contributed by atoms with E-state index in [1.807, 2.05) is 20.8 Å². The van der Waals surface area contributed by atoms with Gasteiger partial charge in [-0.3, -0.25) is 19.3 Å². The average molecular weight is 577 g/mol. The molecule has 2 atom stereocenters. The standard InChI is InChI=1S/C31H32N2O7S/c1-6-12-39-23-11-8-19(15-24(23)38-7-2)26-25(27(35)20-9-10-22-21(14-20)13-16(3)40-22)28(36)30(37)33(26)31-32-17(4)29(41-31)18(5)34/h8-11,14-16,26,35H,6-7,12-13H2,1-5H3/t16-,26+/m0/s1. The molecular formula is C31H32N2O7S. The SMILES string of the molecule is CCCOc1ccc([C@@H]2C(=C(O)c3ccc4c(c3)C[C@H](C)O4)C(=O)C(=O)N2c2nc(C)c(C(C)=O)s2)cc1OCC. The first kappa shape index (κ1) is 28.4. The molecule has 9 nitrogen and oxygen atoms in total. The van der Waals surface area contributed by atoms with Crippen molar-refractivity contribution in [2.45, 2.75) is 59.6 Å². The number of carbonyl (C=O) groups is 3. The summed E-state index contributed by atoms with van der Waals surface area (Å²) in [6.07, 6.45) is 1.47. The minimum Gasteiger partial charge on any atom is -0.507 e. The largest absolute Gasteiger partial charge is 0.507 e. The fourth-order valence-electron chi connectivity index (χ4n) is 5.18. The minimum atomic E-state index is -1.02. The van der Waals surface area contributed by atoms with Crippen LogP contribution in [0.4, 0.5) is 5.13 Å². The fraction of sp³-hybridized carbons (Fsp3) is 0.355. The molecule has 1 N–H and O–H groups in total. The normalized spacial score (nSPS) is 19.3. The summed E-state index contributed by atoms with van der Waals surface area (Å²) < 4.78 is 17.5. The second-order valence-electron chi connectivity index (χ2n) is 10.1. The van der Waals surface area contributed by atoms with E-state index in [1.165, 1.54) is 11.8 Å². The molecule has 0 radical (unpaired) electrons. The lowest BCUT2D eigenvalue weighted by molar-refractivity contribution is -0.132. The fourth-order valence-corrected chi connectivity index (χ4v) is 6.17. The number of aliphatic hydroxyl groups excluding tert-OH is 1. The topological polar surface area (TPSA) is 115 Å². The van der Waals surface area contributed by atoms with Gasteiger partial charge in [0.05, 0.1) is 35.4 Å². The molecule has 10 heteroatoms. The number of hydrogen-bond acceptors (Lipinski definition) is 9. The Balaban J connectivity index is 1.70. The van der Waals surface area contributed by atoms with E-state index in [-0.39, 0.29) is 28.4 Å². The third-order valence-corrected chi connectivity index (χ3v) is 8.23. The Kier molecular flexibility index (Phi) is 7.86. The second-order valence-corrected chi connectivity index (χ2v) is 11.1. The van der Waals surface area contributed by atoms with Crippen LogP contribution in [0.3, 0.4) is 0 Å². The maximum atomic E-state index is 13.6. The van der Waals surface area contributed by atoms with E-state index in [9.17, 15) is 19.5 Å². The van der Waals surface area contributed by atoms with Gasteiger partial charge in [-0.15, -0.1) is 0 Å². The molecule has 2 aliphatic rings. The highest BCUT2D eigenvalue weighted by Gasteiger charge is 2.48. The van der Waals surface area contributed by atoms with Gasteiger partial charge < -0.3 is 19.3 Å². The molecule has 0 bridgehead atoms. The molecule has 214 valence electrons. The quantitative estimate of drug-likeness (QED) is 0.147. The Hall–Kier alpha value is -4.18. The molecule has 1 aromatic heterocycles. The molecule has 3 aromatic rings. The highest BCUT2D eigenvalue weighted by Crippen LogP contribution is 2.46. The van der Waals surface area contributed by atoms with E-state index in [4.69, 9.17) is 14.2 Å². The molecule has 2 aromatic carbocycles. The number of nitrogens with zero attached hydrogens (tertiary/aromatic N) is 2. The Labute approximate surface area is 242 Å². The number of rotatable bonds is 9. The van der Waals surface area contributed by atoms with E-state index in [0.717, 1.165) is 29.1 Å². The van der Waals surface area contributed by atoms with Gasteiger partial charge in [-0.05, 0) is 68.7 Å². The molecule has 5 rings (SSSR count). The van der Waals surface area contributed by atoms with E-state index in [2.05, 4.69) is 4.98 Å². The number of amides is 1. The highest BCUT2D eigenvalue weighted by molar-refractivity contribution is 7.18. The van der Waals surface area contributed by atoms with Gasteiger partial charge in [0, 0.05) is 18.9 Å². The molecule has 41 heavy (non-hydrogen) atoms. The average Bonchev–Trinajstić information content (AvgIpc) is 3.59. The van der Waals surface area contributed by atoms with Gasteiger partial charge in [0.1, 0.15) is 17.6 Å². The summed E-state index contributed by atoms with van der Waals surface area (Å²) in [7, 11) is 0. The first-order chi connectivity index (χ1) is 19.6. The Morgan fingerprint density at radius 2 is 1.93 bits per heavy atom. The molecule has 0 unspecified atom stereocenters. The van der Waals surface area contributed by atoms with Gasteiger partial charge in [-0.2, -0.15) is 0 Å². The van der Waals surface area contributed by atoms with Crippen LogP contribution in [0.15, 0.2) is 42.0 Å². The maximum absolute atomic E-state index is 13.6. The lowest BCUT2D eigenvalue weighted by Crippen LogP contribution is -2.29. The number of Topliss-reactive ketones (excluding diaryl/α,β-unsaturated/α-hetero) is 2. The summed E-state index contributed by atoms with van der Waals surface area (Å²) in [6.45, 7) is 9.78. The zero-order valence-corrected chi connectivity index (χ0v) is 24.5. The van der Waals surface area contributed by atoms with Crippen molar-refractivity contribution < 1.29 is 33.7 Å². The second kappa shape index (κ2) is 11.4. The van der Waals surface area contributed by atoms with Crippen LogP contribution in [0.5, 0.6) is 17.2 Å². The number of ether oxygens (including phenoxy) is 3. The number of thiazole rings is 1.